The highest BCUT2D eigenvalue weighted by Crippen LogP contribution is 2.23. The molecule has 0 aliphatic carbocycles. The third-order valence-corrected chi connectivity index (χ3v) is 4.01. The maximum Gasteiger partial charge on any atom is 0.335 e. The summed E-state index contributed by atoms with van der Waals surface area (Å²) < 4.78 is 0. The predicted octanol–water partition coefficient (Wildman–Crippen LogP) is 0.882. The van der Waals surface area contributed by atoms with Crippen LogP contribution in [0.5, 0.6) is 0 Å². The molecule has 1 aromatic carbocycles. The number of benzene rings is 1. The van der Waals surface area contributed by atoms with Crippen LogP contribution < -0.4 is 0 Å². The van der Waals surface area contributed by atoms with Crippen LogP contribution in [0.4, 0.5) is 0 Å². The van der Waals surface area contributed by atoms with E-state index in [1.54, 1.807) is 18.2 Å². The van der Waals surface area contributed by atoms with Crippen LogP contribution in [0.25, 0.3) is 0 Å². The Labute approximate surface area is 119 Å². The van der Waals surface area contributed by atoms with E-state index in [9.17, 15) is 9.90 Å². The van der Waals surface area contributed by atoms with Crippen molar-refractivity contribution in [1.82, 2.24) is 9.80 Å². The van der Waals surface area contributed by atoms with Crippen LogP contribution in [-0.4, -0.2) is 65.3 Å². The van der Waals surface area contributed by atoms with E-state index in [-0.39, 0.29) is 12.6 Å². The number of carboxylic acids is 1. The SMILES string of the molecule is CN(C)[C@@H]1C[C@@H](CO)N(Cc2cccc(C(=O)O)c2)C1. The van der Waals surface area contributed by atoms with Gasteiger partial charge in [0.25, 0.3) is 0 Å². The van der Waals surface area contributed by atoms with Gasteiger partial charge < -0.3 is 15.1 Å². The molecular formula is C15H22N2O3. The second-order valence-corrected chi connectivity index (χ2v) is 5.62. The third-order valence-electron chi connectivity index (χ3n) is 4.01. The number of likely N-dealkylation sites (N-methyl/N-ethyl adjacent to an activating group) is 1. The van der Waals surface area contributed by atoms with Crippen molar-refractivity contribution in [2.45, 2.75) is 25.0 Å². The van der Waals surface area contributed by atoms with E-state index in [0.29, 0.717) is 18.2 Å². The molecule has 0 amide bonds. The number of carbonyl (C=O) groups is 1. The molecule has 5 nitrogen and oxygen atoms in total. The lowest BCUT2D eigenvalue weighted by molar-refractivity contribution is 0.0696. The molecule has 0 radical (unpaired) electrons. The predicted molar refractivity (Wildman–Crippen MR) is 76.8 cm³/mol. The highest BCUT2D eigenvalue weighted by molar-refractivity contribution is 5.87. The fraction of sp³-hybridized carbons (Fsp3) is 0.533. The summed E-state index contributed by atoms with van der Waals surface area (Å²) in [4.78, 5) is 15.4. The minimum Gasteiger partial charge on any atom is -0.478 e. The van der Waals surface area contributed by atoms with E-state index in [2.05, 4.69) is 9.80 Å². The molecule has 1 saturated heterocycles. The van der Waals surface area contributed by atoms with Crippen LogP contribution >= 0.6 is 0 Å². The summed E-state index contributed by atoms with van der Waals surface area (Å²) in [5, 5.41) is 18.5. The van der Waals surface area contributed by atoms with Crippen molar-refractivity contribution in [3.63, 3.8) is 0 Å². The largest absolute Gasteiger partial charge is 0.478 e. The number of nitrogens with zero attached hydrogens (tertiary/aromatic N) is 2. The Morgan fingerprint density at radius 3 is 2.80 bits per heavy atom. The minimum atomic E-state index is -0.904. The number of aliphatic hydroxyl groups is 1. The van der Waals surface area contributed by atoms with Crippen molar-refractivity contribution in [3.05, 3.63) is 35.4 Å². The van der Waals surface area contributed by atoms with E-state index < -0.39 is 5.97 Å². The molecule has 2 rings (SSSR count). The standard InChI is InChI=1S/C15H22N2O3/c1-16(2)13-7-14(10-18)17(9-13)8-11-4-3-5-12(6-11)15(19)20/h3-6,13-14,18H,7-10H2,1-2H3,(H,19,20)/t13-,14+/m1/s1. The average molecular weight is 278 g/mol. The normalized spacial score (nSPS) is 23.4. The monoisotopic (exact) mass is 278 g/mol. The zero-order valence-corrected chi connectivity index (χ0v) is 12.0. The second kappa shape index (κ2) is 6.35. The maximum absolute atomic E-state index is 11.0. The molecule has 0 spiro atoms. The van der Waals surface area contributed by atoms with Crippen LogP contribution in [0, 0.1) is 0 Å². The van der Waals surface area contributed by atoms with Gasteiger partial charge in [-0.25, -0.2) is 4.79 Å². The van der Waals surface area contributed by atoms with E-state index in [0.717, 1.165) is 18.5 Å². The first-order valence-electron chi connectivity index (χ1n) is 6.85. The number of hydrogen-bond acceptors (Lipinski definition) is 4. The van der Waals surface area contributed by atoms with Gasteiger partial charge in [-0.15, -0.1) is 0 Å². The van der Waals surface area contributed by atoms with Crippen molar-refractivity contribution >= 4 is 5.97 Å². The molecule has 1 aliphatic heterocycles. The second-order valence-electron chi connectivity index (χ2n) is 5.62. The van der Waals surface area contributed by atoms with Crippen molar-refractivity contribution < 1.29 is 15.0 Å². The molecule has 110 valence electrons. The Morgan fingerprint density at radius 1 is 1.45 bits per heavy atom. The third kappa shape index (κ3) is 3.36. The summed E-state index contributed by atoms with van der Waals surface area (Å²) in [5.41, 5.74) is 1.29. The summed E-state index contributed by atoms with van der Waals surface area (Å²) in [7, 11) is 4.10. The van der Waals surface area contributed by atoms with Gasteiger partial charge in [0.1, 0.15) is 0 Å². The van der Waals surface area contributed by atoms with Crippen LogP contribution in [0.2, 0.25) is 0 Å². The van der Waals surface area contributed by atoms with Gasteiger partial charge in [-0.1, -0.05) is 12.1 Å². The molecule has 2 N–H and O–H groups in total. The Hall–Kier alpha value is -1.43. The van der Waals surface area contributed by atoms with Gasteiger partial charge in [0.15, 0.2) is 0 Å². The lowest BCUT2D eigenvalue weighted by Gasteiger charge is -2.23. The van der Waals surface area contributed by atoms with Crippen LogP contribution in [-0.2, 0) is 6.54 Å². The number of rotatable bonds is 5. The van der Waals surface area contributed by atoms with Gasteiger partial charge in [-0.3, -0.25) is 4.90 Å². The zero-order chi connectivity index (χ0) is 14.7. The fourth-order valence-corrected chi connectivity index (χ4v) is 2.75. The fourth-order valence-electron chi connectivity index (χ4n) is 2.75. The summed E-state index contributed by atoms with van der Waals surface area (Å²) in [5.74, 6) is -0.904. The van der Waals surface area contributed by atoms with Crippen LogP contribution in [0.15, 0.2) is 24.3 Å². The number of likely N-dealkylation sites (tertiary alicyclic amines) is 1. The lowest BCUT2D eigenvalue weighted by atomic mass is 10.1. The molecule has 0 bridgehead atoms. The zero-order valence-electron chi connectivity index (χ0n) is 12.0. The first-order valence-corrected chi connectivity index (χ1v) is 6.85. The molecular weight excluding hydrogens is 256 g/mol. The highest BCUT2D eigenvalue weighted by atomic mass is 16.4. The van der Waals surface area contributed by atoms with Crippen molar-refractivity contribution in [1.29, 1.82) is 0 Å². The van der Waals surface area contributed by atoms with Gasteiger partial charge in [0.2, 0.25) is 0 Å². The molecule has 1 fully saturated rings. The topological polar surface area (TPSA) is 64.0 Å². The molecule has 0 unspecified atom stereocenters. The summed E-state index contributed by atoms with van der Waals surface area (Å²) in [6, 6.07) is 7.60. The van der Waals surface area contributed by atoms with Crippen molar-refractivity contribution in [3.8, 4) is 0 Å². The molecule has 0 saturated carbocycles. The van der Waals surface area contributed by atoms with Gasteiger partial charge in [-0.2, -0.15) is 0 Å². The number of hydrogen-bond donors (Lipinski definition) is 2. The Balaban J connectivity index is 2.08. The van der Waals surface area contributed by atoms with Gasteiger partial charge in [0.05, 0.1) is 12.2 Å². The lowest BCUT2D eigenvalue weighted by Crippen LogP contribution is -2.33. The number of aliphatic hydroxyl groups excluding tert-OH is 1. The van der Waals surface area contributed by atoms with E-state index in [1.165, 1.54) is 0 Å². The summed E-state index contributed by atoms with van der Waals surface area (Å²) >= 11 is 0. The van der Waals surface area contributed by atoms with Crippen molar-refractivity contribution in [2.75, 3.05) is 27.2 Å². The van der Waals surface area contributed by atoms with E-state index in [1.807, 2.05) is 20.2 Å². The summed E-state index contributed by atoms with van der Waals surface area (Å²) in [6.07, 6.45) is 0.947. The molecule has 5 heteroatoms. The van der Waals surface area contributed by atoms with Gasteiger partial charge in [0, 0.05) is 25.2 Å². The first kappa shape index (κ1) is 15.0. The minimum absolute atomic E-state index is 0.142. The smallest absolute Gasteiger partial charge is 0.335 e. The average Bonchev–Trinajstić information content (AvgIpc) is 2.82. The molecule has 2 atom stereocenters. The van der Waals surface area contributed by atoms with Crippen LogP contribution in [0.3, 0.4) is 0 Å². The Kier molecular flexibility index (Phi) is 4.75. The summed E-state index contributed by atoms with van der Waals surface area (Å²) in [6.45, 7) is 1.72. The number of aromatic carboxylic acids is 1. The highest BCUT2D eigenvalue weighted by Gasteiger charge is 2.32. The van der Waals surface area contributed by atoms with Crippen molar-refractivity contribution in [2.24, 2.45) is 0 Å². The maximum atomic E-state index is 11.0. The van der Waals surface area contributed by atoms with Gasteiger partial charge in [-0.05, 0) is 38.2 Å². The van der Waals surface area contributed by atoms with Crippen LogP contribution in [0.1, 0.15) is 22.3 Å². The van der Waals surface area contributed by atoms with E-state index in [4.69, 9.17) is 5.11 Å². The molecule has 1 aromatic rings. The molecule has 20 heavy (non-hydrogen) atoms. The molecule has 0 aromatic heterocycles. The van der Waals surface area contributed by atoms with E-state index >= 15 is 0 Å². The van der Waals surface area contributed by atoms with Gasteiger partial charge >= 0.3 is 5.97 Å². The molecule has 1 aliphatic rings. The Morgan fingerprint density at radius 2 is 2.20 bits per heavy atom. The number of carboxylic acid groups (broad SMARTS) is 1. The molecule has 1 heterocycles. The quantitative estimate of drug-likeness (QED) is 0.837. The first-order chi connectivity index (χ1) is 9.51. The Bertz CT molecular complexity index is 476.